The minimum Gasteiger partial charge on any atom is -0.227 e. The molecule has 3 aromatic rings. The molecule has 0 fully saturated rings. The number of fused-ring (bicyclic) bond motifs is 1. The molecule has 1 aromatic heterocycles. The third kappa shape index (κ3) is 3.36. The minimum atomic E-state index is 0.761. The number of rotatable bonds is 3. The van der Waals surface area contributed by atoms with Crippen LogP contribution in [0.25, 0.3) is 10.9 Å². The molecule has 0 amide bonds. The molecular weight excluding hydrogens is 300 g/mol. The summed E-state index contributed by atoms with van der Waals surface area (Å²) in [6, 6.07) is 14.2. The first-order valence-corrected chi connectivity index (χ1v) is 8.10. The van der Waals surface area contributed by atoms with E-state index in [1.807, 2.05) is 31.2 Å². The van der Waals surface area contributed by atoms with Crippen LogP contribution in [0.15, 0.2) is 47.6 Å². The van der Waals surface area contributed by atoms with Crippen molar-refractivity contribution in [3.8, 4) is 0 Å². The zero-order valence-electron chi connectivity index (χ0n) is 11.9. The average molecular weight is 315 g/mol. The number of thioether (sulfide) groups is 1. The monoisotopic (exact) mass is 314 g/mol. The van der Waals surface area contributed by atoms with Crippen LogP contribution in [0.3, 0.4) is 0 Å². The van der Waals surface area contributed by atoms with E-state index in [9.17, 15) is 0 Å². The predicted molar refractivity (Wildman–Crippen MR) is 90.0 cm³/mol. The maximum Gasteiger partial charge on any atom is 0.188 e. The molecule has 0 aliphatic heterocycles. The molecule has 1 heterocycles. The summed E-state index contributed by atoms with van der Waals surface area (Å²) in [6.45, 7) is 4.11. The van der Waals surface area contributed by atoms with Gasteiger partial charge in [0.05, 0.1) is 5.52 Å². The topological polar surface area (TPSA) is 25.8 Å². The Morgan fingerprint density at radius 3 is 2.52 bits per heavy atom. The molecule has 0 bridgehead atoms. The molecule has 21 heavy (non-hydrogen) atoms. The van der Waals surface area contributed by atoms with Crippen molar-refractivity contribution in [1.82, 2.24) is 9.97 Å². The van der Waals surface area contributed by atoms with E-state index in [2.05, 4.69) is 35.1 Å². The highest BCUT2D eigenvalue weighted by molar-refractivity contribution is 7.98. The van der Waals surface area contributed by atoms with Gasteiger partial charge in [-0.05, 0) is 43.2 Å². The summed E-state index contributed by atoms with van der Waals surface area (Å²) in [5, 5.41) is 2.70. The van der Waals surface area contributed by atoms with E-state index in [4.69, 9.17) is 11.6 Å². The number of aromatic nitrogens is 2. The van der Waals surface area contributed by atoms with Gasteiger partial charge in [-0.25, -0.2) is 9.97 Å². The Hall–Kier alpha value is -1.58. The van der Waals surface area contributed by atoms with E-state index >= 15 is 0 Å². The number of hydrogen-bond acceptors (Lipinski definition) is 3. The average Bonchev–Trinajstić information content (AvgIpc) is 2.46. The highest BCUT2D eigenvalue weighted by Gasteiger charge is 2.06. The number of benzene rings is 2. The summed E-state index contributed by atoms with van der Waals surface area (Å²) < 4.78 is 0. The molecular formula is C17H15ClN2S. The molecule has 2 nitrogen and oxygen atoms in total. The highest BCUT2D eigenvalue weighted by atomic mass is 35.5. The Kier molecular flexibility index (Phi) is 4.13. The van der Waals surface area contributed by atoms with E-state index in [1.54, 1.807) is 11.8 Å². The van der Waals surface area contributed by atoms with Gasteiger partial charge >= 0.3 is 0 Å². The van der Waals surface area contributed by atoms with Gasteiger partial charge in [0, 0.05) is 21.9 Å². The maximum absolute atomic E-state index is 5.90. The van der Waals surface area contributed by atoms with E-state index in [0.717, 1.165) is 32.5 Å². The summed E-state index contributed by atoms with van der Waals surface area (Å²) in [7, 11) is 0. The standard InChI is InChI=1S/C17H15ClN2S/c1-11-3-8-15-12(2)19-17(20-16(15)9-11)21-10-13-4-6-14(18)7-5-13/h3-9H,10H2,1-2H3. The number of halogens is 1. The van der Waals surface area contributed by atoms with E-state index in [0.29, 0.717) is 0 Å². The van der Waals surface area contributed by atoms with Crippen molar-refractivity contribution in [2.24, 2.45) is 0 Å². The first-order valence-electron chi connectivity index (χ1n) is 6.74. The smallest absolute Gasteiger partial charge is 0.188 e. The fraction of sp³-hybridized carbons (Fsp3) is 0.176. The molecule has 0 radical (unpaired) electrons. The van der Waals surface area contributed by atoms with Crippen LogP contribution in [0.5, 0.6) is 0 Å². The van der Waals surface area contributed by atoms with Crippen molar-refractivity contribution in [3.63, 3.8) is 0 Å². The summed E-state index contributed by atoms with van der Waals surface area (Å²) >= 11 is 7.55. The molecule has 3 rings (SSSR count). The van der Waals surface area contributed by atoms with Gasteiger partial charge in [-0.1, -0.05) is 47.6 Å². The lowest BCUT2D eigenvalue weighted by Gasteiger charge is -2.06. The fourth-order valence-corrected chi connectivity index (χ4v) is 3.14. The van der Waals surface area contributed by atoms with Gasteiger partial charge in [0.2, 0.25) is 0 Å². The van der Waals surface area contributed by atoms with Crippen molar-refractivity contribution >= 4 is 34.3 Å². The fourth-order valence-electron chi connectivity index (χ4n) is 2.16. The van der Waals surface area contributed by atoms with Crippen LogP contribution in [-0.2, 0) is 5.75 Å². The Morgan fingerprint density at radius 2 is 1.76 bits per heavy atom. The second kappa shape index (κ2) is 6.04. The molecule has 4 heteroatoms. The summed E-state index contributed by atoms with van der Waals surface area (Å²) in [4.78, 5) is 9.24. The lowest BCUT2D eigenvalue weighted by atomic mass is 10.1. The van der Waals surface area contributed by atoms with Gasteiger partial charge < -0.3 is 0 Å². The molecule has 106 valence electrons. The Balaban J connectivity index is 1.85. The first kappa shape index (κ1) is 14.4. The van der Waals surface area contributed by atoms with Crippen molar-refractivity contribution in [3.05, 3.63) is 64.3 Å². The molecule has 0 atom stereocenters. The van der Waals surface area contributed by atoms with Gasteiger partial charge in [0.15, 0.2) is 5.16 Å². The van der Waals surface area contributed by atoms with Crippen LogP contribution < -0.4 is 0 Å². The lowest BCUT2D eigenvalue weighted by Crippen LogP contribution is -1.93. The van der Waals surface area contributed by atoms with Crippen molar-refractivity contribution in [2.75, 3.05) is 0 Å². The van der Waals surface area contributed by atoms with Crippen molar-refractivity contribution in [2.45, 2.75) is 24.8 Å². The Bertz CT molecular complexity index is 785. The van der Waals surface area contributed by atoms with Gasteiger partial charge in [0.25, 0.3) is 0 Å². The minimum absolute atomic E-state index is 0.761. The number of aryl methyl sites for hydroxylation is 2. The Labute approximate surface area is 133 Å². The lowest BCUT2D eigenvalue weighted by molar-refractivity contribution is 0.967. The van der Waals surface area contributed by atoms with Crippen LogP contribution in [-0.4, -0.2) is 9.97 Å². The van der Waals surface area contributed by atoms with Gasteiger partial charge in [0.1, 0.15) is 0 Å². The molecule has 0 saturated heterocycles. The quantitative estimate of drug-likeness (QED) is 0.491. The molecule has 2 aromatic carbocycles. The van der Waals surface area contributed by atoms with Crippen LogP contribution in [0.2, 0.25) is 5.02 Å². The largest absolute Gasteiger partial charge is 0.227 e. The zero-order chi connectivity index (χ0) is 14.8. The number of hydrogen-bond donors (Lipinski definition) is 0. The zero-order valence-corrected chi connectivity index (χ0v) is 13.5. The van der Waals surface area contributed by atoms with E-state index < -0.39 is 0 Å². The van der Waals surface area contributed by atoms with Crippen molar-refractivity contribution in [1.29, 1.82) is 0 Å². The molecule has 0 unspecified atom stereocenters. The summed E-state index contributed by atoms with van der Waals surface area (Å²) in [6.07, 6.45) is 0. The predicted octanol–water partition coefficient (Wildman–Crippen LogP) is 5.19. The first-order chi connectivity index (χ1) is 10.1. The normalized spacial score (nSPS) is 11.0. The second-order valence-electron chi connectivity index (χ2n) is 5.03. The van der Waals surface area contributed by atoms with Gasteiger partial charge in [-0.2, -0.15) is 0 Å². The Morgan fingerprint density at radius 1 is 1.00 bits per heavy atom. The van der Waals surface area contributed by atoms with Gasteiger partial charge in [-0.15, -0.1) is 0 Å². The molecule has 0 aliphatic carbocycles. The van der Waals surface area contributed by atoms with E-state index in [1.165, 1.54) is 11.1 Å². The summed E-state index contributed by atoms with van der Waals surface area (Å²) in [5.41, 5.74) is 4.48. The summed E-state index contributed by atoms with van der Waals surface area (Å²) in [5.74, 6) is 0.841. The molecule has 0 aliphatic rings. The maximum atomic E-state index is 5.90. The molecule has 0 N–H and O–H groups in total. The second-order valence-corrected chi connectivity index (χ2v) is 6.41. The molecule has 0 spiro atoms. The SMILES string of the molecule is Cc1ccc2c(C)nc(SCc3ccc(Cl)cc3)nc2c1. The highest BCUT2D eigenvalue weighted by Crippen LogP contribution is 2.24. The van der Waals surface area contributed by atoms with E-state index in [-0.39, 0.29) is 0 Å². The van der Waals surface area contributed by atoms with Crippen LogP contribution in [0.4, 0.5) is 0 Å². The number of nitrogens with zero attached hydrogens (tertiary/aromatic N) is 2. The third-order valence-corrected chi connectivity index (χ3v) is 4.47. The van der Waals surface area contributed by atoms with Crippen LogP contribution >= 0.6 is 23.4 Å². The third-order valence-electron chi connectivity index (χ3n) is 3.30. The van der Waals surface area contributed by atoms with Gasteiger partial charge in [-0.3, -0.25) is 0 Å². The van der Waals surface area contributed by atoms with Crippen LogP contribution in [0.1, 0.15) is 16.8 Å². The van der Waals surface area contributed by atoms with Crippen LogP contribution in [0, 0.1) is 13.8 Å². The van der Waals surface area contributed by atoms with Crippen molar-refractivity contribution < 1.29 is 0 Å². The molecule has 0 saturated carbocycles.